The van der Waals surface area contributed by atoms with E-state index in [1.54, 1.807) is 19.0 Å². The second-order valence-electron chi connectivity index (χ2n) is 6.61. The number of likely N-dealkylation sites (N-methyl/N-ethyl adjacent to an activating group) is 1. The second-order valence-corrected chi connectivity index (χ2v) is 6.61. The minimum absolute atomic E-state index is 0.0181. The van der Waals surface area contributed by atoms with Gasteiger partial charge in [-0.3, -0.25) is 9.69 Å². The Balaban J connectivity index is 2.80. The molecule has 0 saturated heterocycles. The van der Waals surface area contributed by atoms with Crippen molar-refractivity contribution in [2.75, 3.05) is 34.2 Å². The first-order valence-corrected chi connectivity index (χ1v) is 8.84. The van der Waals surface area contributed by atoms with E-state index < -0.39 is 0 Å². The fourth-order valence-electron chi connectivity index (χ4n) is 2.14. The molecule has 1 rings (SSSR count). The van der Waals surface area contributed by atoms with Crippen LogP contribution in [-0.4, -0.2) is 61.9 Å². The van der Waals surface area contributed by atoms with Crippen LogP contribution in [0.5, 0.6) is 0 Å². The van der Waals surface area contributed by atoms with Crippen molar-refractivity contribution in [3.05, 3.63) is 35.4 Å². The average Bonchev–Trinajstić information content (AvgIpc) is 2.57. The van der Waals surface area contributed by atoms with Gasteiger partial charge in [-0.05, 0) is 38.9 Å². The van der Waals surface area contributed by atoms with Crippen LogP contribution in [0, 0.1) is 0 Å². The molecule has 0 aliphatic rings. The summed E-state index contributed by atoms with van der Waals surface area (Å²) in [5.41, 5.74) is 2.48. The van der Waals surface area contributed by atoms with E-state index >= 15 is 0 Å². The monoisotopic (exact) mass is 347 g/mol. The summed E-state index contributed by atoms with van der Waals surface area (Å²) in [5, 5.41) is 6.27. The molecular formula is C19H33N5O. The zero-order chi connectivity index (χ0) is 18.8. The number of rotatable bonds is 8. The minimum Gasteiger partial charge on any atom is -0.357 e. The van der Waals surface area contributed by atoms with Crippen LogP contribution in [0.25, 0.3) is 0 Å². The van der Waals surface area contributed by atoms with E-state index in [1.807, 2.05) is 13.0 Å². The van der Waals surface area contributed by atoms with E-state index in [1.165, 1.54) is 11.1 Å². The van der Waals surface area contributed by atoms with Crippen LogP contribution in [0.3, 0.4) is 0 Å². The number of hydrogen-bond acceptors (Lipinski definition) is 3. The number of hydrogen-bond donors (Lipinski definition) is 2. The molecule has 1 aromatic rings. The molecule has 0 saturated carbocycles. The molecule has 140 valence electrons. The Morgan fingerprint density at radius 2 is 1.76 bits per heavy atom. The normalized spacial score (nSPS) is 11.8. The van der Waals surface area contributed by atoms with Crippen molar-refractivity contribution in [1.82, 2.24) is 20.4 Å². The summed E-state index contributed by atoms with van der Waals surface area (Å²) >= 11 is 0. The predicted octanol–water partition coefficient (Wildman–Crippen LogP) is 1.67. The number of nitrogens with one attached hydrogen (secondary N) is 2. The van der Waals surface area contributed by atoms with Gasteiger partial charge in [-0.1, -0.05) is 24.3 Å². The third kappa shape index (κ3) is 7.56. The smallest absolute Gasteiger partial charge is 0.241 e. The quantitative estimate of drug-likeness (QED) is 0.555. The van der Waals surface area contributed by atoms with Crippen molar-refractivity contribution < 1.29 is 4.79 Å². The summed E-state index contributed by atoms with van der Waals surface area (Å²) in [5.74, 6) is 0.675. The summed E-state index contributed by atoms with van der Waals surface area (Å²) < 4.78 is 0. The van der Waals surface area contributed by atoms with Gasteiger partial charge < -0.3 is 15.5 Å². The fourth-order valence-corrected chi connectivity index (χ4v) is 2.14. The van der Waals surface area contributed by atoms with Gasteiger partial charge in [-0.2, -0.15) is 0 Å². The van der Waals surface area contributed by atoms with Crippen LogP contribution >= 0.6 is 0 Å². The number of aliphatic imine (C=N–C) groups is 1. The van der Waals surface area contributed by atoms with Crippen LogP contribution in [0.1, 0.15) is 31.9 Å². The average molecular weight is 348 g/mol. The molecule has 6 heteroatoms. The summed E-state index contributed by atoms with van der Waals surface area (Å²) in [6, 6.07) is 8.86. The molecule has 0 heterocycles. The molecular weight excluding hydrogens is 314 g/mol. The van der Waals surface area contributed by atoms with Gasteiger partial charge in [0.1, 0.15) is 0 Å². The predicted molar refractivity (Wildman–Crippen MR) is 105 cm³/mol. The molecule has 0 aliphatic carbocycles. The Morgan fingerprint density at radius 3 is 2.32 bits per heavy atom. The highest BCUT2D eigenvalue weighted by Crippen LogP contribution is 2.13. The van der Waals surface area contributed by atoms with E-state index in [9.17, 15) is 4.79 Å². The maximum absolute atomic E-state index is 11.7. The van der Waals surface area contributed by atoms with E-state index in [4.69, 9.17) is 0 Å². The molecule has 0 spiro atoms. The van der Waals surface area contributed by atoms with Crippen molar-refractivity contribution in [2.24, 2.45) is 4.99 Å². The van der Waals surface area contributed by atoms with Crippen molar-refractivity contribution in [1.29, 1.82) is 0 Å². The van der Waals surface area contributed by atoms with Crippen LogP contribution in [0.15, 0.2) is 29.3 Å². The molecule has 1 aromatic carbocycles. The summed E-state index contributed by atoms with van der Waals surface area (Å²) in [6.07, 6.45) is 0. The Kier molecular flexibility index (Phi) is 8.99. The van der Waals surface area contributed by atoms with Gasteiger partial charge in [0.2, 0.25) is 5.91 Å². The van der Waals surface area contributed by atoms with Crippen LogP contribution < -0.4 is 10.6 Å². The lowest BCUT2D eigenvalue weighted by molar-refractivity contribution is -0.127. The molecule has 0 fully saturated rings. The summed E-state index contributed by atoms with van der Waals surface area (Å²) in [7, 11) is 5.62. The minimum atomic E-state index is 0.0181. The maximum Gasteiger partial charge on any atom is 0.241 e. The molecule has 25 heavy (non-hydrogen) atoms. The molecule has 0 aromatic heterocycles. The number of guanidine groups is 1. The van der Waals surface area contributed by atoms with Crippen molar-refractivity contribution in [3.63, 3.8) is 0 Å². The van der Waals surface area contributed by atoms with E-state index in [0.29, 0.717) is 18.5 Å². The SMILES string of the molecule is CCNC(=NCc1ccccc1CN(C)C(C)C)NCC(=O)N(C)C. The molecule has 1 amide bonds. The van der Waals surface area contributed by atoms with E-state index in [2.05, 4.69) is 59.6 Å². The number of carbonyl (C=O) groups is 1. The highest BCUT2D eigenvalue weighted by Gasteiger charge is 2.09. The van der Waals surface area contributed by atoms with Gasteiger partial charge in [0.05, 0.1) is 13.1 Å². The van der Waals surface area contributed by atoms with Crippen molar-refractivity contribution in [2.45, 2.75) is 39.9 Å². The van der Waals surface area contributed by atoms with Gasteiger partial charge in [-0.15, -0.1) is 0 Å². The summed E-state index contributed by atoms with van der Waals surface area (Å²) in [6.45, 7) is 8.85. The lowest BCUT2D eigenvalue weighted by atomic mass is 10.1. The third-order valence-corrected chi connectivity index (χ3v) is 4.08. The van der Waals surface area contributed by atoms with Crippen molar-refractivity contribution >= 4 is 11.9 Å². The molecule has 0 radical (unpaired) electrons. The molecule has 0 unspecified atom stereocenters. The number of benzene rings is 1. The summed E-state index contributed by atoms with van der Waals surface area (Å²) in [4.78, 5) is 20.2. The Hall–Kier alpha value is -2.08. The standard InChI is InChI=1S/C19H33N5O/c1-7-20-19(22-13-18(25)23(4)5)21-12-16-10-8-9-11-17(16)14-24(6)15(2)3/h8-11,15H,7,12-14H2,1-6H3,(H2,20,21,22). The first-order valence-electron chi connectivity index (χ1n) is 8.84. The topological polar surface area (TPSA) is 60.0 Å². The number of nitrogens with zero attached hydrogens (tertiary/aromatic N) is 3. The lowest BCUT2D eigenvalue weighted by Crippen LogP contribution is -2.42. The van der Waals surface area contributed by atoms with Gasteiger partial charge in [0.25, 0.3) is 0 Å². The maximum atomic E-state index is 11.7. The zero-order valence-electron chi connectivity index (χ0n) is 16.5. The van der Waals surface area contributed by atoms with Gasteiger partial charge in [0, 0.05) is 33.2 Å². The third-order valence-electron chi connectivity index (χ3n) is 4.08. The number of amides is 1. The van der Waals surface area contributed by atoms with Gasteiger partial charge >= 0.3 is 0 Å². The fraction of sp³-hybridized carbons (Fsp3) is 0.579. The molecule has 2 N–H and O–H groups in total. The molecule has 6 nitrogen and oxygen atoms in total. The van der Waals surface area contributed by atoms with Gasteiger partial charge in [-0.25, -0.2) is 4.99 Å². The zero-order valence-corrected chi connectivity index (χ0v) is 16.5. The Labute approximate surface area is 152 Å². The highest BCUT2D eigenvalue weighted by molar-refractivity contribution is 5.86. The number of carbonyl (C=O) groups excluding carboxylic acids is 1. The Bertz CT molecular complexity index is 569. The first kappa shape index (κ1) is 21.0. The van der Waals surface area contributed by atoms with E-state index in [0.717, 1.165) is 13.1 Å². The Morgan fingerprint density at radius 1 is 1.12 bits per heavy atom. The first-order chi connectivity index (χ1) is 11.8. The van der Waals surface area contributed by atoms with Crippen molar-refractivity contribution in [3.8, 4) is 0 Å². The molecule has 0 bridgehead atoms. The van der Waals surface area contributed by atoms with Gasteiger partial charge in [0.15, 0.2) is 5.96 Å². The van der Waals surface area contributed by atoms with Crippen LogP contribution in [-0.2, 0) is 17.9 Å². The molecule has 0 atom stereocenters. The lowest BCUT2D eigenvalue weighted by Gasteiger charge is -2.22. The van der Waals surface area contributed by atoms with Crippen LogP contribution in [0.4, 0.5) is 0 Å². The largest absolute Gasteiger partial charge is 0.357 e. The van der Waals surface area contributed by atoms with Crippen LogP contribution in [0.2, 0.25) is 0 Å². The highest BCUT2D eigenvalue weighted by atomic mass is 16.2. The van der Waals surface area contributed by atoms with E-state index in [-0.39, 0.29) is 12.5 Å². The second kappa shape index (κ2) is 10.7. The molecule has 0 aliphatic heterocycles.